The van der Waals surface area contributed by atoms with Crippen molar-refractivity contribution >= 4 is 17.7 Å². The van der Waals surface area contributed by atoms with E-state index in [1.807, 2.05) is 60.0 Å². The zero-order valence-corrected chi connectivity index (χ0v) is 17.4. The number of nitrogens with zero attached hydrogens (tertiary/aromatic N) is 3. The minimum atomic E-state index is -0.292. The van der Waals surface area contributed by atoms with E-state index in [2.05, 4.69) is 10.2 Å². The Morgan fingerprint density at radius 1 is 1.10 bits per heavy atom. The number of rotatable bonds is 9. The third-order valence-corrected chi connectivity index (χ3v) is 4.92. The molecule has 0 amide bonds. The first kappa shape index (κ1) is 20.7. The van der Waals surface area contributed by atoms with Gasteiger partial charge in [-0.1, -0.05) is 23.9 Å². The van der Waals surface area contributed by atoms with Crippen LogP contribution in [-0.4, -0.2) is 40.2 Å². The van der Waals surface area contributed by atoms with Crippen LogP contribution in [0.4, 0.5) is 0 Å². The number of methoxy groups -OCH3 is 1. The Balaban J connectivity index is 1.85. The van der Waals surface area contributed by atoms with Gasteiger partial charge >= 0.3 is 5.97 Å². The summed E-state index contributed by atoms with van der Waals surface area (Å²) in [5.41, 5.74) is 1.97. The lowest BCUT2D eigenvalue weighted by Crippen LogP contribution is -2.09. The summed E-state index contributed by atoms with van der Waals surface area (Å²) in [4.78, 5) is 11.8. The van der Waals surface area contributed by atoms with Crippen molar-refractivity contribution in [3.63, 3.8) is 0 Å². The van der Waals surface area contributed by atoms with E-state index in [1.54, 1.807) is 14.0 Å². The predicted octanol–water partition coefficient (Wildman–Crippen LogP) is 3.82. The number of hydrogen-bond acceptors (Lipinski definition) is 7. The van der Waals surface area contributed by atoms with E-state index in [-0.39, 0.29) is 18.3 Å². The van der Waals surface area contributed by atoms with Crippen LogP contribution in [0.5, 0.6) is 11.5 Å². The van der Waals surface area contributed by atoms with E-state index in [9.17, 15) is 4.79 Å². The highest BCUT2D eigenvalue weighted by atomic mass is 32.2. The van der Waals surface area contributed by atoms with Crippen molar-refractivity contribution in [1.29, 1.82) is 0 Å². The minimum absolute atomic E-state index is 0.154. The predicted molar refractivity (Wildman–Crippen MR) is 111 cm³/mol. The molecule has 1 heterocycles. The van der Waals surface area contributed by atoms with Crippen LogP contribution in [-0.2, 0) is 16.1 Å². The van der Waals surface area contributed by atoms with Crippen LogP contribution in [0.25, 0.3) is 5.69 Å². The lowest BCUT2D eigenvalue weighted by molar-refractivity contribution is -0.139. The summed E-state index contributed by atoms with van der Waals surface area (Å²) in [6, 6.07) is 15.4. The number of thioether (sulfide) groups is 1. The van der Waals surface area contributed by atoms with E-state index in [4.69, 9.17) is 14.2 Å². The third-order valence-electron chi connectivity index (χ3n) is 4.01. The van der Waals surface area contributed by atoms with Crippen molar-refractivity contribution in [2.45, 2.75) is 25.6 Å². The van der Waals surface area contributed by atoms with E-state index >= 15 is 0 Å². The molecule has 0 aliphatic rings. The molecule has 0 unspecified atom stereocenters. The van der Waals surface area contributed by atoms with Crippen molar-refractivity contribution in [2.24, 2.45) is 0 Å². The van der Waals surface area contributed by atoms with Crippen LogP contribution in [0.1, 0.15) is 18.3 Å². The molecule has 0 aliphatic carbocycles. The van der Waals surface area contributed by atoms with Gasteiger partial charge in [-0.2, -0.15) is 0 Å². The Hall–Kier alpha value is -3.00. The van der Waals surface area contributed by atoms with Gasteiger partial charge in [0, 0.05) is 5.69 Å². The van der Waals surface area contributed by atoms with Crippen molar-refractivity contribution in [1.82, 2.24) is 14.8 Å². The molecule has 0 aliphatic heterocycles. The Morgan fingerprint density at radius 3 is 2.59 bits per heavy atom. The quantitative estimate of drug-likeness (QED) is 0.390. The average molecular weight is 413 g/mol. The summed E-state index contributed by atoms with van der Waals surface area (Å²) in [7, 11) is 1.62. The van der Waals surface area contributed by atoms with Crippen LogP contribution >= 0.6 is 11.8 Å². The molecular weight excluding hydrogens is 390 g/mol. The number of aromatic nitrogens is 3. The maximum absolute atomic E-state index is 11.8. The molecule has 3 rings (SSSR count). The molecule has 3 aromatic rings. The van der Waals surface area contributed by atoms with Gasteiger partial charge in [0.1, 0.15) is 18.1 Å². The minimum Gasteiger partial charge on any atom is -0.497 e. The second-order valence-corrected chi connectivity index (χ2v) is 7.07. The first-order chi connectivity index (χ1) is 14.1. The number of carbonyl (C=O) groups is 1. The molecule has 29 heavy (non-hydrogen) atoms. The fraction of sp³-hybridized carbons (Fsp3) is 0.286. The Kier molecular flexibility index (Phi) is 7.13. The summed E-state index contributed by atoms with van der Waals surface area (Å²) in [6.45, 7) is 4.38. The number of esters is 1. The van der Waals surface area contributed by atoms with Crippen LogP contribution < -0.4 is 9.47 Å². The van der Waals surface area contributed by atoms with Crippen LogP contribution in [0.3, 0.4) is 0 Å². The monoisotopic (exact) mass is 413 g/mol. The Bertz CT molecular complexity index is 957. The molecule has 0 saturated carbocycles. The second kappa shape index (κ2) is 9.97. The molecule has 0 saturated heterocycles. The SMILES string of the molecule is CCOC(=O)CSc1nnc(COc2cccc(C)c2)n1-c1ccc(OC)cc1. The fourth-order valence-electron chi connectivity index (χ4n) is 2.66. The summed E-state index contributed by atoms with van der Waals surface area (Å²) in [6.07, 6.45) is 0. The maximum Gasteiger partial charge on any atom is 0.316 e. The molecular formula is C21H23N3O4S. The zero-order chi connectivity index (χ0) is 20.6. The number of aryl methyl sites for hydroxylation is 1. The van der Waals surface area contributed by atoms with Crippen molar-refractivity contribution in [3.05, 3.63) is 59.9 Å². The summed E-state index contributed by atoms with van der Waals surface area (Å²) in [5.74, 6) is 2.00. The van der Waals surface area contributed by atoms with Crippen molar-refractivity contribution in [3.8, 4) is 17.2 Å². The Morgan fingerprint density at radius 2 is 1.90 bits per heavy atom. The van der Waals surface area contributed by atoms with Gasteiger partial charge in [-0.05, 0) is 55.8 Å². The zero-order valence-electron chi connectivity index (χ0n) is 16.6. The molecule has 1 aromatic heterocycles. The molecule has 0 spiro atoms. The fourth-order valence-corrected chi connectivity index (χ4v) is 3.43. The number of benzene rings is 2. The first-order valence-electron chi connectivity index (χ1n) is 9.17. The van der Waals surface area contributed by atoms with Crippen LogP contribution in [0.2, 0.25) is 0 Å². The van der Waals surface area contributed by atoms with Gasteiger partial charge in [-0.3, -0.25) is 9.36 Å². The van der Waals surface area contributed by atoms with E-state index in [1.165, 1.54) is 11.8 Å². The van der Waals surface area contributed by atoms with Gasteiger partial charge in [0.2, 0.25) is 0 Å². The molecule has 8 heteroatoms. The highest BCUT2D eigenvalue weighted by Crippen LogP contribution is 2.25. The van der Waals surface area contributed by atoms with E-state index < -0.39 is 0 Å². The van der Waals surface area contributed by atoms with E-state index in [0.717, 1.165) is 22.7 Å². The van der Waals surface area contributed by atoms with Gasteiger partial charge in [0.25, 0.3) is 0 Å². The summed E-state index contributed by atoms with van der Waals surface area (Å²) in [5, 5.41) is 9.12. The first-order valence-corrected chi connectivity index (χ1v) is 10.2. The number of carbonyl (C=O) groups excluding carboxylic acids is 1. The molecule has 0 N–H and O–H groups in total. The average Bonchev–Trinajstić information content (AvgIpc) is 3.14. The molecule has 152 valence electrons. The third kappa shape index (κ3) is 5.51. The van der Waals surface area contributed by atoms with Crippen LogP contribution in [0.15, 0.2) is 53.7 Å². The second-order valence-electron chi connectivity index (χ2n) is 6.13. The number of hydrogen-bond donors (Lipinski definition) is 0. The van der Waals surface area contributed by atoms with Gasteiger partial charge in [0.05, 0.1) is 19.5 Å². The molecule has 7 nitrogen and oxygen atoms in total. The van der Waals surface area contributed by atoms with Gasteiger partial charge in [-0.25, -0.2) is 0 Å². The Labute approximate surface area is 174 Å². The van der Waals surface area contributed by atoms with Crippen molar-refractivity contribution in [2.75, 3.05) is 19.5 Å². The topological polar surface area (TPSA) is 75.5 Å². The normalized spacial score (nSPS) is 10.6. The largest absolute Gasteiger partial charge is 0.497 e. The van der Waals surface area contributed by atoms with Gasteiger partial charge in [-0.15, -0.1) is 10.2 Å². The lowest BCUT2D eigenvalue weighted by Gasteiger charge is -2.12. The van der Waals surface area contributed by atoms with E-state index in [0.29, 0.717) is 17.6 Å². The standard InChI is InChI=1S/C21H23N3O4S/c1-4-27-20(25)14-29-21-23-22-19(13-28-18-7-5-6-15(2)12-18)24(21)16-8-10-17(26-3)11-9-16/h5-12H,4,13-14H2,1-3H3. The number of ether oxygens (including phenoxy) is 3. The van der Waals surface area contributed by atoms with Gasteiger partial charge < -0.3 is 14.2 Å². The summed E-state index contributed by atoms with van der Waals surface area (Å²) >= 11 is 1.27. The van der Waals surface area contributed by atoms with Crippen LogP contribution in [0, 0.1) is 6.92 Å². The highest BCUT2D eigenvalue weighted by Gasteiger charge is 2.17. The molecule has 0 atom stereocenters. The van der Waals surface area contributed by atoms with Gasteiger partial charge in [0.15, 0.2) is 11.0 Å². The van der Waals surface area contributed by atoms with Crippen molar-refractivity contribution < 1.29 is 19.0 Å². The highest BCUT2D eigenvalue weighted by molar-refractivity contribution is 7.99. The molecule has 0 bridgehead atoms. The smallest absolute Gasteiger partial charge is 0.316 e. The summed E-state index contributed by atoms with van der Waals surface area (Å²) < 4.78 is 18.0. The molecule has 0 radical (unpaired) electrons. The lowest BCUT2D eigenvalue weighted by atomic mass is 10.2. The maximum atomic E-state index is 11.8. The molecule has 0 fully saturated rings. The molecule has 2 aromatic carbocycles.